The Morgan fingerprint density at radius 3 is 2.62 bits per heavy atom. The Labute approximate surface area is 143 Å². The summed E-state index contributed by atoms with van der Waals surface area (Å²) in [4.78, 5) is 22.6. The molecule has 1 aliphatic heterocycles. The van der Waals surface area contributed by atoms with E-state index in [-0.39, 0.29) is 5.88 Å². The van der Waals surface area contributed by atoms with Gasteiger partial charge in [0.05, 0.1) is 18.8 Å². The van der Waals surface area contributed by atoms with E-state index in [4.69, 9.17) is 26.2 Å². The van der Waals surface area contributed by atoms with Crippen LogP contribution in [0.4, 0.5) is 10.5 Å². The number of benzene rings is 1. The molecule has 0 fully saturated rings. The molecule has 24 heavy (non-hydrogen) atoms. The molecule has 0 aromatic heterocycles. The first-order valence-electron chi connectivity index (χ1n) is 7.14. The normalized spacial score (nSPS) is 21.2. The van der Waals surface area contributed by atoms with Crippen LogP contribution in [0.25, 0.3) is 0 Å². The third-order valence-corrected chi connectivity index (χ3v) is 3.99. The molecule has 0 radical (unpaired) electrons. The number of aliphatic hydroxyl groups excluding tert-OH is 1. The molecule has 0 saturated carbocycles. The maximum atomic E-state index is 11.5. The molecule has 0 saturated heterocycles. The average Bonchev–Trinajstić information content (AvgIpc) is 2.50. The van der Waals surface area contributed by atoms with Crippen molar-refractivity contribution in [3.8, 4) is 11.5 Å². The summed E-state index contributed by atoms with van der Waals surface area (Å²) in [7, 11) is 1.40. The summed E-state index contributed by atoms with van der Waals surface area (Å²) in [5, 5.41) is 24.3. The zero-order chi connectivity index (χ0) is 18.1. The predicted octanol–water partition coefficient (Wildman–Crippen LogP) is 1.71. The molecule has 0 spiro atoms. The van der Waals surface area contributed by atoms with E-state index in [1.54, 1.807) is 13.8 Å². The fourth-order valence-corrected chi connectivity index (χ4v) is 2.63. The third-order valence-electron chi connectivity index (χ3n) is 3.74. The van der Waals surface area contributed by atoms with Gasteiger partial charge >= 0.3 is 6.09 Å². The van der Waals surface area contributed by atoms with Crippen molar-refractivity contribution in [2.45, 2.75) is 31.6 Å². The van der Waals surface area contributed by atoms with Crippen LogP contribution in [0.1, 0.15) is 25.5 Å². The molecule has 2 unspecified atom stereocenters. The number of alkyl halides is 1. The second-order valence-corrected chi connectivity index (χ2v) is 6.12. The maximum Gasteiger partial charge on any atom is 0.405 e. The predicted molar refractivity (Wildman–Crippen MR) is 87.0 cm³/mol. The van der Waals surface area contributed by atoms with Crippen molar-refractivity contribution in [2.75, 3.05) is 18.3 Å². The smallest absolute Gasteiger partial charge is 0.405 e. The van der Waals surface area contributed by atoms with E-state index in [0.717, 1.165) is 0 Å². The minimum atomic E-state index is -1.28. The van der Waals surface area contributed by atoms with Crippen LogP contribution in [0.3, 0.4) is 0 Å². The molecular formula is C15H19ClN2O6. The van der Waals surface area contributed by atoms with Crippen LogP contribution in [0.15, 0.2) is 12.1 Å². The summed E-state index contributed by atoms with van der Waals surface area (Å²) in [5.41, 5.74) is -0.296. The van der Waals surface area contributed by atoms with Gasteiger partial charge < -0.3 is 30.3 Å². The van der Waals surface area contributed by atoms with Crippen LogP contribution in [0, 0.1) is 0 Å². The monoisotopic (exact) mass is 358 g/mol. The molecule has 0 bridgehead atoms. The lowest BCUT2D eigenvalue weighted by atomic mass is 9.86. The van der Waals surface area contributed by atoms with Crippen molar-refractivity contribution < 1.29 is 29.3 Å². The first kappa shape index (κ1) is 18.2. The van der Waals surface area contributed by atoms with Gasteiger partial charge in [-0.05, 0) is 19.9 Å². The van der Waals surface area contributed by atoms with Crippen molar-refractivity contribution in [3.63, 3.8) is 0 Å². The molecule has 2 atom stereocenters. The van der Waals surface area contributed by atoms with Gasteiger partial charge in [-0.25, -0.2) is 4.79 Å². The molecule has 1 aromatic carbocycles. The van der Waals surface area contributed by atoms with E-state index < -0.39 is 29.7 Å². The Hall–Kier alpha value is -2.19. The van der Waals surface area contributed by atoms with Crippen molar-refractivity contribution in [1.29, 1.82) is 0 Å². The fraction of sp³-hybridized carbons (Fsp3) is 0.467. The molecule has 1 aliphatic rings. The highest BCUT2D eigenvalue weighted by Crippen LogP contribution is 2.44. The minimum absolute atomic E-state index is 0.228. The van der Waals surface area contributed by atoms with Crippen molar-refractivity contribution in [3.05, 3.63) is 17.7 Å². The number of ether oxygens (including phenoxy) is 2. The number of carboxylic acid groups (broad SMARTS) is 1. The Kier molecular flexibility index (Phi) is 5.10. The van der Waals surface area contributed by atoms with E-state index in [1.165, 1.54) is 19.2 Å². The minimum Gasteiger partial charge on any atom is -0.495 e. The number of hydrogen-bond donors (Lipinski definition) is 4. The van der Waals surface area contributed by atoms with Gasteiger partial charge in [0.15, 0.2) is 0 Å². The third kappa shape index (κ3) is 3.49. The zero-order valence-corrected chi connectivity index (χ0v) is 14.2. The van der Waals surface area contributed by atoms with Gasteiger partial charge in [-0.15, -0.1) is 11.6 Å². The number of methoxy groups -OCH3 is 1. The fourth-order valence-electron chi connectivity index (χ4n) is 2.56. The summed E-state index contributed by atoms with van der Waals surface area (Å²) in [5.74, 6) is -0.0334. The van der Waals surface area contributed by atoms with Crippen LogP contribution in [0.2, 0.25) is 0 Å². The van der Waals surface area contributed by atoms with Crippen LogP contribution < -0.4 is 20.1 Å². The van der Waals surface area contributed by atoms with Gasteiger partial charge in [0, 0.05) is 11.6 Å². The standard InChI is InChI=1S/C15H19ClN2O6/c1-15(2)13(20)12(18-14(21)22)7-4-10(23-3)8(5-9(7)24-15)17-11(19)6-16/h4-5,12-13,18,20H,6H2,1-3H3,(H,17,19)(H,21,22). The summed E-state index contributed by atoms with van der Waals surface area (Å²) >= 11 is 5.49. The quantitative estimate of drug-likeness (QED) is 0.609. The molecule has 0 aliphatic carbocycles. The van der Waals surface area contributed by atoms with Gasteiger partial charge in [-0.1, -0.05) is 0 Å². The number of carbonyl (C=O) groups is 2. The van der Waals surface area contributed by atoms with E-state index in [1.807, 2.05) is 0 Å². The Balaban J connectivity index is 2.53. The van der Waals surface area contributed by atoms with Crippen molar-refractivity contribution in [2.24, 2.45) is 0 Å². The largest absolute Gasteiger partial charge is 0.495 e. The lowest BCUT2D eigenvalue weighted by Gasteiger charge is -2.42. The number of hydrogen-bond acceptors (Lipinski definition) is 5. The Bertz CT molecular complexity index is 664. The summed E-state index contributed by atoms with van der Waals surface area (Å²) in [6.45, 7) is 3.27. The molecule has 4 N–H and O–H groups in total. The molecule has 2 rings (SSSR count). The second-order valence-electron chi connectivity index (χ2n) is 5.85. The first-order valence-corrected chi connectivity index (χ1v) is 7.67. The highest BCUT2D eigenvalue weighted by Gasteiger charge is 2.44. The number of rotatable bonds is 4. The highest BCUT2D eigenvalue weighted by molar-refractivity contribution is 6.29. The lowest BCUT2D eigenvalue weighted by Crippen LogP contribution is -2.53. The highest BCUT2D eigenvalue weighted by atomic mass is 35.5. The molecule has 132 valence electrons. The summed E-state index contributed by atoms with van der Waals surface area (Å²) < 4.78 is 11.0. The molecule has 1 heterocycles. The van der Waals surface area contributed by atoms with Crippen LogP contribution in [-0.2, 0) is 4.79 Å². The number of fused-ring (bicyclic) bond motifs is 1. The lowest BCUT2D eigenvalue weighted by molar-refractivity contribution is -0.113. The van der Waals surface area contributed by atoms with Gasteiger partial charge in [-0.3, -0.25) is 4.79 Å². The van der Waals surface area contributed by atoms with Gasteiger partial charge in [0.1, 0.15) is 29.1 Å². The molecule has 1 aromatic rings. The number of carbonyl (C=O) groups excluding carboxylic acids is 1. The summed E-state index contributed by atoms with van der Waals surface area (Å²) in [6, 6.07) is 2.12. The SMILES string of the molecule is COc1cc2c(cc1NC(=O)CCl)OC(C)(C)C(O)C2NC(=O)O. The number of amides is 2. The van der Waals surface area contributed by atoms with E-state index >= 15 is 0 Å². The molecular weight excluding hydrogens is 340 g/mol. The first-order chi connectivity index (χ1) is 11.2. The van der Waals surface area contributed by atoms with Crippen LogP contribution >= 0.6 is 11.6 Å². The van der Waals surface area contributed by atoms with Crippen LogP contribution in [0.5, 0.6) is 11.5 Å². The van der Waals surface area contributed by atoms with E-state index in [0.29, 0.717) is 22.7 Å². The van der Waals surface area contributed by atoms with Gasteiger partial charge in [0.2, 0.25) is 5.91 Å². The van der Waals surface area contributed by atoms with E-state index in [2.05, 4.69) is 10.6 Å². The molecule has 9 heteroatoms. The molecule has 2 amide bonds. The van der Waals surface area contributed by atoms with Crippen molar-refractivity contribution in [1.82, 2.24) is 5.32 Å². The number of aliphatic hydroxyl groups is 1. The van der Waals surface area contributed by atoms with Crippen molar-refractivity contribution >= 4 is 29.3 Å². The zero-order valence-electron chi connectivity index (χ0n) is 13.4. The second kappa shape index (κ2) is 6.74. The van der Waals surface area contributed by atoms with Gasteiger partial charge in [-0.2, -0.15) is 0 Å². The summed E-state index contributed by atoms with van der Waals surface area (Å²) in [6.07, 6.45) is -2.39. The number of nitrogens with one attached hydrogen (secondary N) is 2. The average molecular weight is 359 g/mol. The molecule has 8 nitrogen and oxygen atoms in total. The Morgan fingerprint density at radius 2 is 2.08 bits per heavy atom. The van der Waals surface area contributed by atoms with Gasteiger partial charge in [0.25, 0.3) is 0 Å². The number of halogens is 1. The maximum absolute atomic E-state index is 11.5. The van der Waals surface area contributed by atoms with E-state index in [9.17, 15) is 14.7 Å². The topological polar surface area (TPSA) is 117 Å². The van der Waals surface area contributed by atoms with Crippen LogP contribution in [-0.4, -0.2) is 46.9 Å². The Morgan fingerprint density at radius 1 is 1.42 bits per heavy atom. The number of anilines is 1.